The molecule has 0 unspecified atom stereocenters. The van der Waals surface area contributed by atoms with E-state index in [-0.39, 0.29) is 11.9 Å². The normalized spacial score (nSPS) is 25.0. The molecular weight excluding hydrogens is 300 g/mol. The fourth-order valence-electron chi connectivity index (χ4n) is 3.66. The Kier molecular flexibility index (Phi) is 4.71. The number of amides is 1. The molecule has 2 saturated heterocycles. The van der Waals surface area contributed by atoms with E-state index in [0.29, 0.717) is 37.6 Å². The van der Waals surface area contributed by atoms with Crippen molar-refractivity contribution in [3.63, 3.8) is 0 Å². The van der Waals surface area contributed by atoms with Gasteiger partial charge in [0.1, 0.15) is 0 Å². The van der Waals surface area contributed by atoms with Gasteiger partial charge in [0.25, 0.3) is 0 Å². The molecule has 22 heavy (non-hydrogen) atoms. The molecular formula is C17H23ClN2O2. The number of hydrogen-bond donors (Lipinski definition) is 1. The first-order valence-corrected chi connectivity index (χ1v) is 8.39. The Morgan fingerprint density at radius 2 is 2.05 bits per heavy atom. The lowest BCUT2D eigenvalue weighted by atomic mass is 9.72. The van der Waals surface area contributed by atoms with Crippen LogP contribution in [0.5, 0.6) is 0 Å². The molecule has 0 bridgehead atoms. The number of piperidine rings is 1. The van der Waals surface area contributed by atoms with Gasteiger partial charge in [-0.1, -0.05) is 29.8 Å². The number of hydrogen-bond acceptors (Lipinski definition) is 3. The lowest BCUT2D eigenvalue weighted by molar-refractivity contribution is -0.142. The number of likely N-dealkylation sites (tertiary alicyclic amines) is 1. The molecule has 4 nitrogen and oxygen atoms in total. The summed E-state index contributed by atoms with van der Waals surface area (Å²) in [4.78, 5) is 15.3. The third kappa shape index (κ3) is 2.87. The van der Waals surface area contributed by atoms with Crippen LogP contribution in [0.2, 0.25) is 5.02 Å². The van der Waals surface area contributed by atoms with Gasteiger partial charge in [-0.3, -0.25) is 4.79 Å². The monoisotopic (exact) mass is 322 g/mol. The zero-order chi connectivity index (χ0) is 15.6. The summed E-state index contributed by atoms with van der Waals surface area (Å²) in [6.45, 7) is 2.62. The van der Waals surface area contributed by atoms with Crippen molar-refractivity contribution in [1.82, 2.24) is 4.90 Å². The van der Waals surface area contributed by atoms with Crippen molar-refractivity contribution in [3.8, 4) is 0 Å². The first-order valence-electron chi connectivity index (χ1n) is 8.01. The number of rotatable bonds is 2. The molecule has 0 aliphatic carbocycles. The Labute approximate surface area is 136 Å². The molecule has 5 heteroatoms. The largest absolute Gasteiger partial charge is 0.381 e. The average Bonchev–Trinajstić information content (AvgIpc) is 2.55. The van der Waals surface area contributed by atoms with Gasteiger partial charge in [-0.25, -0.2) is 0 Å². The number of nitrogens with two attached hydrogens (primary N) is 1. The van der Waals surface area contributed by atoms with Gasteiger partial charge in [0, 0.05) is 37.4 Å². The Morgan fingerprint density at radius 3 is 2.73 bits per heavy atom. The molecule has 1 atom stereocenters. The number of benzene rings is 1. The lowest BCUT2D eigenvalue weighted by Crippen LogP contribution is -2.54. The molecule has 1 amide bonds. The van der Waals surface area contributed by atoms with Crippen LogP contribution in [0.1, 0.15) is 31.2 Å². The Bertz CT molecular complexity index is 543. The minimum atomic E-state index is -0.562. The van der Waals surface area contributed by atoms with Gasteiger partial charge < -0.3 is 15.4 Å². The van der Waals surface area contributed by atoms with Crippen molar-refractivity contribution in [2.75, 3.05) is 26.3 Å². The molecule has 0 saturated carbocycles. The van der Waals surface area contributed by atoms with E-state index in [4.69, 9.17) is 22.1 Å². The summed E-state index contributed by atoms with van der Waals surface area (Å²) in [5.74, 6) is 0.166. The second-order valence-electron chi connectivity index (χ2n) is 6.33. The van der Waals surface area contributed by atoms with E-state index in [9.17, 15) is 4.79 Å². The zero-order valence-corrected chi connectivity index (χ0v) is 13.5. The van der Waals surface area contributed by atoms with Gasteiger partial charge in [-0.2, -0.15) is 0 Å². The SMILES string of the molecule is N[C@@H]1CCCN(C(=O)C2(c3ccccc3Cl)CCOCC2)C1. The molecule has 0 aromatic heterocycles. The van der Waals surface area contributed by atoms with Crippen molar-refractivity contribution in [3.05, 3.63) is 34.9 Å². The molecule has 2 heterocycles. The van der Waals surface area contributed by atoms with Gasteiger partial charge in [-0.05, 0) is 37.3 Å². The molecule has 2 aliphatic rings. The highest BCUT2D eigenvalue weighted by atomic mass is 35.5. The Morgan fingerprint density at radius 1 is 1.32 bits per heavy atom. The van der Waals surface area contributed by atoms with E-state index in [1.807, 2.05) is 29.2 Å². The molecule has 2 N–H and O–H groups in total. The van der Waals surface area contributed by atoms with Crippen LogP contribution in [0, 0.1) is 0 Å². The highest BCUT2D eigenvalue weighted by Gasteiger charge is 2.45. The Hall–Kier alpha value is -1.10. The smallest absolute Gasteiger partial charge is 0.233 e. The molecule has 2 aliphatic heterocycles. The van der Waals surface area contributed by atoms with Crippen LogP contribution in [0.4, 0.5) is 0 Å². The van der Waals surface area contributed by atoms with Crippen molar-refractivity contribution in [2.24, 2.45) is 5.73 Å². The fraction of sp³-hybridized carbons (Fsp3) is 0.588. The molecule has 1 aromatic rings. The van der Waals surface area contributed by atoms with E-state index in [0.717, 1.165) is 24.9 Å². The molecule has 0 radical (unpaired) electrons. The van der Waals surface area contributed by atoms with Crippen LogP contribution in [0.25, 0.3) is 0 Å². The van der Waals surface area contributed by atoms with Gasteiger partial charge in [-0.15, -0.1) is 0 Å². The summed E-state index contributed by atoms with van der Waals surface area (Å²) in [6, 6.07) is 7.79. The molecule has 2 fully saturated rings. The summed E-state index contributed by atoms with van der Waals surface area (Å²) in [7, 11) is 0. The number of carbonyl (C=O) groups is 1. The van der Waals surface area contributed by atoms with Crippen molar-refractivity contribution in [1.29, 1.82) is 0 Å². The van der Waals surface area contributed by atoms with Crippen molar-refractivity contribution >= 4 is 17.5 Å². The summed E-state index contributed by atoms with van der Waals surface area (Å²) in [5.41, 5.74) is 6.43. The fourth-order valence-corrected chi connectivity index (χ4v) is 3.98. The minimum absolute atomic E-state index is 0.0841. The minimum Gasteiger partial charge on any atom is -0.381 e. The molecule has 0 spiro atoms. The zero-order valence-electron chi connectivity index (χ0n) is 12.8. The van der Waals surface area contributed by atoms with Gasteiger partial charge in [0.2, 0.25) is 5.91 Å². The van der Waals surface area contributed by atoms with E-state index in [1.165, 1.54) is 0 Å². The number of carbonyl (C=O) groups excluding carboxylic acids is 1. The van der Waals surface area contributed by atoms with Crippen LogP contribution >= 0.6 is 11.6 Å². The second kappa shape index (κ2) is 6.57. The summed E-state index contributed by atoms with van der Waals surface area (Å²) < 4.78 is 5.51. The van der Waals surface area contributed by atoms with Gasteiger partial charge in [0.05, 0.1) is 5.41 Å². The van der Waals surface area contributed by atoms with E-state index in [2.05, 4.69) is 0 Å². The summed E-state index contributed by atoms with van der Waals surface area (Å²) >= 11 is 6.42. The highest BCUT2D eigenvalue weighted by Crippen LogP contribution is 2.40. The summed E-state index contributed by atoms with van der Waals surface area (Å²) in [6.07, 6.45) is 3.33. The topological polar surface area (TPSA) is 55.6 Å². The number of halogens is 1. The number of ether oxygens (including phenoxy) is 1. The van der Waals surface area contributed by atoms with Crippen LogP contribution in [-0.4, -0.2) is 43.2 Å². The first-order chi connectivity index (χ1) is 10.6. The van der Waals surface area contributed by atoms with E-state index < -0.39 is 5.41 Å². The highest BCUT2D eigenvalue weighted by molar-refractivity contribution is 6.31. The average molecular weight is 323 g/mol. The van der Waals surface area contributed by atoms with E-state index >= 15 is 0 Å². The van der Waals surface area contributed by atoms with E-state index in [1.54, 1.807) is 0 Å². The van der Waals surface area contributed by atoms with Crippen LogP contribution < -0.4 is 5.73 Å². The van der Waals surface area contributed by atoms with Crippen molar-refractivity contribution < 1.29 is 9.53 Å². The third-order valence-electron chi connectivity index (χ3n) is 4.89. The number of nitrogens with zero attached hydrogens (tertiary/aromatic N) is 1. The second-order valence-corrected chi connectivity index (χ2v) is 6.74. The maximum absolute atomic E-state index is 13.3. The summed E-state index contributed by atoms with van der Waals surface area (Å²) in [5, 5.41) is 0.666. The maximum atomic E-state index is 13.3. The molecule has 3 rings (SSSR count). The first kappa shape index (κ1) is 15.8. The van der Waals surface area contributed by atoms with Crippen LogP contribution in [0.3, 0.4) is 0 Å². The van der Waals surface area contributed by atoms with Gasteiger partial charge >= 0.3 is 0 Å². The standard InChI is InChI=1S/C17H23ClN2O2/c18-15-6-2-1-5-14(15)17(7-10-22-11-8-17)16(21)20-9-3-4-13(19)12-20/h1-2,5-6,13H,3-4,7-12,19H2/t13-/m1/s1. The van der Waals surface area contributed by atoms with Gasteiger partial charge in [0.15, 0.2) is 0 Å². The molecule has 1 aromatic carbocycles. The van der Waals surface area contributed by atoms with Crippen LogP contribution in [0.15, 0.2) is 24.3 Å². The predicted octanol–water partition coefficient (Wildman–Crippen LogP) is 2.34. The molecule has 120 valence electrons. The van der Waals surface area contributed by atoms with Crippen LogP contribution in [-0.2, 0) is 14.9 Å². The third-order valence-corrected chi connectivity index (χ3v) is 5.22. The lowest BCUT2D eigenvalue weighted by Gasteiger charge is -2.42. The quantitative estimate of drug-likeness (QED) is 0.909. The maximum Gasteiger partial charge on any atom is 0.233 e. The Balaban J connectivity index is 1.95. The predicted molar refractivity (Wildman–Crippen MR) is 87.0 cm³/mol. The van der Waals surface area contributed by atoms with Crippen molar-refractivity contribution in [2.45, 2.75) is 37.1 Å².